The summed E-state index contributed by atoms with van der Waals surface area (Å²) in [5, 5.41) is 12.8. The van der Waals surface area contributed by atoms with Crippen LogP contribution in [0.25, 0.3) is 6.08 Å². The molecule has 4 atom stereocenters. The molecule has 2 amide bonds. The maximum absolute atomic E-state index is 13.6. The van der Waals surface area contributed by atoms with Gasteiger partial charge in [0, 0.05) is 51.4 Å². The molecule has 4 unspecified atom stereocenters. The quantitative estimate of drug-likeness (QED) is 0.289. The van der Waals surface area contributed by atoms with E-state index in [2.05, 4.69) is 5.32 Å². The van der Waals surface area contributed by atoms with Gasteiger partial charge in [-0.1, -0.05) is 36.4 Å². The van der Waals surface area contributed by atoms with Crippen LogP contribution in [0.2, 0.25) is 0 Å². The van der Waals surface area contributed by atoms with E-state index < -0.39 is 53.6 Å². The molecule has 0 bridgehead atoms. The van der Waals surface area contributed by atoms with Crippen molar-refractivity contribution in [3.05, 3.63) is 88.5 Å². The number of hydrogen-bond donors (Lipinski definition) is 2. The molecule has 1 saturated heterocycles. The highest BCUT2D eigenvalue weighted by Crippen LogP contribution is 2.45. The lowest BCUT2D eigenvalue weighted by Gasteiger charge is -2.31. The zero-order chi connectivity index (χ0) is 34.6. The predicted molar refractivity (Wildman–Crippen MR) is 176 cm³/mol. The normalized spacial score (nSPS) is 21.6. The summed E-state index contributed by atoms with van der Waals surface area (Å²) in [5.74, 6) is -2.65. The Labute approximate surface area is 280 Å². The van der Waals surface area contributed by atoms with Crippen LogP contribution in [0, 0.1) is 0 Å². The molecule has 5 rings (SSSR count). The lowest BCUT2D eigenvalue weighted by Crippen LogP contribution is -2.45. The summed E-state index contributed by atoms with van der Waals surface area (Å²) in [5.41, 5.74) is 2.82. The Morgan fingerprint density at radius 3 is 2.42 bits per heavy atom. The number of likely N-dealkylation sites (N-methyl/N-ethyl adjacent to an activating group) is 1. The van der Waals surface area contributed by atoms with Gasteiger partial charge in [0.25, 0.3) is 0 Å². The Bertz CT molecular complexity index is 1580. The average molecular weight is 661 g/mol. The smallest absolute Gasteiger partial charge is 0.338 e. The molecule has 2 N–H and O–H groups in total. The number of nitrogens with one attached hydrogen (secondary N) is 1. The van der Waals surface area contributed by atoms with Gasteiger partial charge in [-0.05, 0) is 68.2 Å². The molecule has 48 heavy (non-hydrogen) atoms. The molecule has 1 fully saturated rings. The van der Waals surface area contributed by atoms with Crippen molar-refractivity contribution < 1.29 is 43.2 Å². The van der Waals surface area contributed by atoms with E-state index in [4.69, 9.17) is 18.9 Å². The lowest BCUT2D eigenvalue weighted by molar-refractivity contribution is -0.172. The van der Waals surface area contributed by atoms with Crippen LogP contribution in [0.1, 0.15) is 67.1 Å². The Morgan fingerprint density at radius 1 is 1.06 bits per heavy atom. The molecule has 2 aromatic carbocycles. The molecule has 11 nitrogen and oxygen atoms in total. The molecule has 1 spiro atoms. The molecule has 0 radical (unpaired) electrons. The van der Waals surface area contributed by atoms with Crippen LogP contribution in [0.15, 0.2) is 66.3 Å². The molecular weight excluding hydrogens is 616 g/mol. The van der Waals surface area contributed by atoms with E-state index in [-0.39, 0.29) is 37.3 Å². The van der Waals surface area contributed by atoms with Crippen molar-refractivity contribution in [1.82, 2.24) is 10.2 Å². The van der Waals surface area contributed by atoms with E-state index in [1.165, 1.54) is 11.0 Å². The molecule has 2 aliphatic carbocycles. The van der Waals surface area contributed by atoms with Crippen molar-refractivity contribution in [2.75, 3.05) is 20.7 Å². The van der Waals surface area contributed by atoms with Crippen molar-refractivity contribution in [2.45, 2.75) is 88.6 Å². The van der Waals surface area contributed by atoms with Gasteiger partial charge in [-0.3, -0.25) is 14.4 Å². The third-order valence-corrected chi connectivity index (χ3v) is 8.42. The number of hydrogen-bond acceptors (Lipinski definition) is 9. The van der Waals surface area contributed by atoms with Crippen molar-refractivity contribution in [2.24, 2.45) is 0 Å². The molecule has 1 aliphatic heterocycles. The van der Waals surface area contributed by atoms with E-state index in [0.29, 0.717) is 24.0 Å². The molecule has 2 aromatic rings. The number of aliphatic hydroxyl groups is 1. The topological polar surface area (TPSA) is 141 Å². The second-order valence-electron chi connectivity index (χ2n) is 13.7. The van der Waals surface area contributed by atoms with Crippen LogP contribution in [-0.2, 0) is 46.2 Å². The predicted octanol–water partition coefficient (Wildman–Crippen LogP) is 3.52. The molecule has 0 aromatic heterocycles. The molecule has 3 aliphatic rings. The highest BCUT2D eigenvalue weighted by Gasteiger charge is 2.55. The fraction of sp³-hybridized carbons (Fsp3) is 0.459. The zero-order valence-corrected chi connectivity index (χ0v) is 28.1. The number of amides is 2. The van der Waals surface area contributed by atoms with Crippen LogP contribution in [0.5, 0.6) is 0 Å². The third kappa shape index (κ3) is 8.58. The molecule has 0 saturated carbocycles. The van der Waals surface area contributed by atoms with Crippen molar-refractivity contribution in [3.63, 3.8) is 0 Å². The maximum Gasteiger partial charge on any atom is 0.338 e. The van der Waals surface area contributed by atoms with Gasteiger partial charge >= 0.3 is 11.9 Å². The first kappa shape index (κ1) is 35.0. The minimum Gasteiger partial charge on any atom is -0.460 e. The molecular formula is C37H44N2O9. The Morgan fingerprint density at radius 2 is 1.77 bits per heavy atom. The number of carbonyl (C=O) groups excluding carboxylic acids is 4. The average Bonchev–Trinajstić information content (AvgIpc) is 3.58. The second-order valence-corrected chi connectivity index (χ2v) is 13.7. The number of carbonyl (C=O) groups is 4. The van der Waals surface area contributed by atoms with Crippen LogP contribution < -0.4 is 5.32 Å². The SMILES string of the molecule is CN(C)C(=O)C=Cc1cccc(C(=O)OC2CC(C(=O)NC(CO)CCC(=O)OC(C)(C)C)=CC3OC4(Cc5ccccc5C4)OC32)c1. The van der Waals surface area contributed by atoms with Crippen LogP contribution in [0.4, 0.5) is 0 Å². The fourth-order valence-corrected chi connectivity index (χ4v) is 6.13. The summed E-state index contributed by atoms with van der Waals surface area (Å²) in [6.07, 6.45) is 3.83. The fourth-order valence-electron chi connectivity index (χ4n) is 6.13. The van der Waals surface area contributed by atoms with Crippen LogP contribution in [0.3, 0.4) is 0 Å². The van der Waals surface area contributed by atoms with E-state index in [1.54, 1.807) is 71.3 Å². The number of ether oxygens (including phenoxy) is 4. The highest BCUT2D eigenvalue weighted by atomic mass is 16.8. The summed E-state index contributed by atoms with van der Waals surface area (Å²) in [7, 11) is 3.30. The lowest BCUT2D eigenvalue weighted by atomic mass is 9.91. The summed E-state index contributed by atoms with van der Waals surface area (Å²) in [6.45, 7) is 4.94. The summed E-state index contributed by atoms with van der Waals surface area (Å²) in [4.78, 5) is 52.8. The minimum atomic E-state index is -0.961. The Hall–Kier alpha value is -4.32. The van der Waals surface area contributed by atoms with Crippen molar-refractivity contribution in [3.8, 4) is 0 Å². The zero-order valence-electron chi connectivity index (χ0n) is 28.1. The first-order valence-electron chi connectivity index (χ1n) is 16.2. The van der Waals surface area contributed by atoms with E-state index in [9.17, 15) is 24.3 Å². The summed E-state index contributed by atoms with van der Waals surface area (Å²) >= 11 is 0. The minimum absolute atomic E-state index is 0.0182. The number of esters is 2. The first-order chi connectivity index (χ1) is 22.7. The van der Waals surface area contributed by atoms with E-state index >= 15 is 0 Å². The van der Waals surface area contributed by atoms with Gasteiger partial charge in [0.05, 0.1) is 18.2 Å². The van der Waals surface area contributed by atoms with Gasteiger partial charge < -0.3 is 34.3 Å². The van der Waals surface area contributed by atoms with Gasteiger partial charge in [0.1, 0.15) is 23.9 Å². The van der Waals surface area contributed by atoms with Gasteiger partial charge in [-0.2, -0.15) is 0 Å². The van der Waals surface area contributed by atoms with Crippen molar-refractivity contribution in [1.29, 1.82) is 0 Å². The van der Waals surface area contributed by atoms with Crippen LogP contribution in [-0.4, -0.2) is 90.2 Å². The number of rotatable bonds is 10. The Kier molecular flexibility index (Phi) is 10.5. The van der Waals surface area contributed by atoms with Gasteiger partial charge in [0.15, 0.2) is 5.79 Å². The number of nitrogens with zero attached hydrogens (tertiary/aromatic N) is 1. The van der Waals surface area contributed by atoms with Crippen molar-refractivity contribution >= 4 is 29.8 Å². The Balaban J connectivity index is 1.33. The highest BCUT2D eigenvalue weighted by molar-refractivity contribution is 5.95. The van der Waals surface area contributed by atoms with Gasteiger partial charge in [-0.25, -0.2) is 4.79 Å². The van der Waals surface area contributed by atoms with Gasteiger partial charge in [0.2, 0.25) is 11.8 Å². The second kappa shape index (κ2) is 14.4. The number of fused-ring (bicyclic) bond motifs is 2. The molecule has 11 heteroatoms. The number of benzene rings is 2. The standard InChI is InChI=1S/C37H44N2O9/c1-36(2,3)47-32(42)16-14-28(22-40)38-34(43)27-18-29(45-35(44)24-12-8-9-23(17-24)13-15-31(41)39(4)5)33-30(19-27)46-37(48-33)20-25-10-6-7-11-26(25)21-37/h6-13,15,17,19,28-30,33,40H,14,16,18,20-22H2,1-5H3,(H,38,43). The maximum atomic E-state index is 13.6. The number of aliphatic hydroxyl groups excluding tert-OH is 1. The van der Waals surface area contributed by atoms with E-state index in [0.717, 1.165) is 11.1 Å². The molecule has 1 heterocycles. The van der Waals surface area contributed by atoms with E-state index in [1.807, 2.05) is 24.3 Å². The van der Waals surface area contributed by atoms with Crippen LogP contribution >= 0.6 is 0 Å². The molecule has 256 valence electrons. The summed E-state index contributed by atoms with van der Waals surface area (Å²) in [6, 6.07) is 14.0. The summed E-state index contributed by atoms with van der Waals surface area (Å²) < 4.78 is 24.5. The first-order valence-corrected chi connectivity index (χ1v) is 16.2. The monoisotopic (exact) mass is 660 g/mol. The largest absolute Gasteiger partial charge is 0.460 e. The third-order valence-electron chi connectivity index (χ3n) is 8.42. The van der Waals surface area contributed by atoms with Gasteiger partial charge in [-0.15, -0.1) is 0 Å².